The van der Waals surface area contributed by atoms with Crippen LogP contribution in [0.15, 0.2) is 30.6 Å². The highest BCUT2D eigenvalue weighted by Gasteiger charge is 2.09. The molecule has 2 aromatic rings. The fourth-order valence-electron chi connectivity index (χ4n) is 1.92. The van der Waals surface area contributed by atoms with Gasteiger partial charge in [-0.1, -0.05) is 18.3 Å². The summed E-state index contributed by atoms with van der Waals surface area (Å²) < 4.78 is 0. The number of thiocarbonyl (C=S) groups is 1. The molecule has 6 heteroatoms. The van der Waals surface area contributed by atoms with Crippen LogP contribution < -0.4 is 16.0 Å². The first-order chi connectivity index (χ1) is 9.49. The van der Waals surface area contributed by atoms with Gasteiger partial charge in [-0.05, 0) is 24.6 Å². The van der Waals surface area contributed by atoms with Crippen molar-refractivity contribution in [3.8, 4) is 0 Å². The first-order valence-corrected chi connectivity index (χ1v) is 6.55. The van der Waals surface area contributed by atoms with E-state index in [1.54, 1.807) is 12.4 Å². The van der Waals surface area contributed by atoms with Crippen molar-refractivity contribution in [1.29, 1.82) is 0 Å². The van der Waals surface area contributed by atoms with Crippen molar-refractivity contribution >= 4 is 34.4 Å². The van der Waals surface area contributed by atoms with Gasteiger partial charge in [-0.15, -0.1) is 0 Å². The minimum absolute atomic E-state index is 0.223. The summed E-state index contributed by atoms with van der Waals surface area (Å²) in [6.45, 7) is 2.07. The predicted octanol–water partition coefficient (Wildman–Crippen LogP) is 2.23. The Balaban J connectivity index is 2.36. The number of aryl methyl sites for hydroxylation is 1. The quantitative estimate of drug-likeness (QED) is 0.841. The first kappa shape index (κ1) is 14.2. The number of nitrogens with one attached hydrogen (secondary N) is 1. The second kappa shape index (κ2) is 5.83. The van der Waals surface area contributed by atoms with Crippen LogP contribution in [-0.2, 0) is 0 Å². The SMILES string of the molecule is Cc1ccc(Nc2nccnc2C(N)=S)cc1N(C)C. The van der Waals surface area contributed by atoms with Gasteiger partial charge in [-0.3, -0.25) is 0 Å². The molecule has 0 atom stereocenters. The van der Waals surface area contributed by atoms with Gasteiger partial charge in [0.25, 0.3) is 0 Å². The highest BCUT2D eigenvalue weighted by atomic mass is 32.1. The van der Waals surface area contributed by atoms with E-state index in [9.17, 15) is 0 Å². The first-order valence-electron chi connectivity index (χ1n) is 6.15. The molecule has 20 heavy (non-hydrogen) atoms. The molecule has 0 spiro atoms. The molecule has 0 saturated heterocycles. The Morgan fingerprint density at radius 1 is 1.25 bits per heavy atom. The normalized spacial score (nSPS) is 10.2. The summed E-state index contributed by atoms with van der Waals surface area (Å²) >= 11 is 4.98. The van der Waals surface area contributed by atoms with E-state index in [0.717, 1.165) is 11.4 Å². The third-order valence-electron chi connectivity index (χ3n) is 2.89. The van der Waals surface area contributed by atoms with Crippen molar-refractivity contribution in [2.45, 2.75) is 6.92 Å². The Kier molecular flexibility index (Phi) is 4.14. The maximum atomic E-state index is 5.65. The van der Waals surface area contributed by atoms with Crippen LogP contribution in [0.1, 0.15) is 11.3 Å². The Bertz CT molecular complexity index is 639. The summed E-state index contributed by atoms with van der Waals surface area (Å²) in [5.74, 6) is 0.563. The van der Waals surface area contributed by atoms with Crippen molar-refractivity contribution in [1.82, 2.24) is 9.97 Å². The van der Waals surface area contributed by atoms with Gasteiger partial charge in [-0.2, -0.15) is 0 Å². The maximum absolute atomic E-state index is 5.65. The molecule has 0 radical (unpaired) electrons. The number of anilines is 3. The maximum Gasteiger partial charge on any atom is 0.159 e. The van der Waals surface area contributed by atoms with Gasteiger partial charge < -0.3 is 16.0 Å². The predicted molar refractivity (Wildman–Crippen MR) is 86.7 cm³/mol. The molecule has 0 aliphatic heterocycles. The second-order valence-corrected chi connectivity index (χ2v) is 5.08. The third kappa shape index (κ3) is 3.03. The highest BCUT2D eigenvalue weighted by molar-refractivity contribution is 7.80. The number of nitrogens with two attached hydrogens (primary N) is 1. The number of hydrogen-bond acceptors (Lipinski definition) is 5. The van der Waals surface area contributed by atoms with E-state index >= 15 is 0 Å². The van der Waals surface area contributed by atoms with Crippen molar-refractivity contribution < 1.29 is 0 Å². The van der Waals surface area contributed by atoms with Crippen LogP contribution in [0.3, 0.4) is 0 Å². The van der Waals surface area contributed by atoms with Crippen LogP contribution in [0.2, 0.25) is 0 Å². The molecule has 3 N–H and O–H groups in total. The third-order valence-corrected chi connectivity index (χ3v) is 3.08. The van der Waals surface area contributed by atoms with E-state index in [-0.39, 0.29) is 4.99 Å². The number of benzene rings is 1. The van der Waals surface area contributed by atoms with Crippen LogP contribution in [0, 0.1) is 6.92 Å². The molecular formula is C14H17N5S. The van der Waals surface area contributed by atoms with Crippen molar-refractivity contribution in [3.05, 3.63) is 41.9 Å². The van der Waals surface area contributed by atoms with Crippen LogP contribution in [0.4, 0.5) is 17.2 Å². The number of hydrogen-bond donors (Lipinski definition) is 2. The summed E-state index contributed by atoms with van der Waals surface area (Å²) in [6.07, 6.45) is 3.17. The molecule has 0 saturated carbocycles. The van der Waals surface area contributed by atoms with E-state index in [0.29, 0.717) is 11.5 Å². The molecular weight excluding hydrogens is 270 g/mol. The van der Waals surface area contributed by atoms with Gasteiger partial charge in [-0.25, -0.2) is 9.97 Å². The van der Waals surface area contributed by atoms with Crippen molar-refractivity contribution in [2.75, 3.05) is 24.3 Å². The van der Waals surface area contributed by atoms with Gasteiger partial charge in [0.2, 0.25) is 0 Å². The van der Waals surface area contributed by atoms with E-state index in [4.69, 9.17) is 18.0 Å². The molecule has 1 aromatic heterocycles. The molecule has 0 unspecified atom stereocenters. The largest absolute Gasteiger partial charge is 0.388 e. The average Bonchev–Trinajstić information content (AvgIpc) is 2.41. The van der Waals surface area contributed by atoms with Crippen LogP contribution in [0.25, 0.3) is 0 Å². The molecule has 2 rings (SSSR count). The molecule has 0 amide bonds. The average molecular weight is 287 g/mol. The molecule has 1 aromatic carbocycles. The topological polar surface area (TPSA) is 67.1 Å². The highest BCUT2D eigenvalue weighted by Crippen LogP contribution is 2.25. The smallest absolute Gasteiger partial charge is 0.159 e. The molecule has 5 nitrogen and oxygen atoms in total. The lowest BCUT2D eigenvalue weighted by molar-refractivity contribution is 1.11. The molecule has 1 heterocycles. The zero-order valence-corrected chi connectivity index (χ0v) is 12.5. The summed E-state index contributed by atoms with van der Waals surface area (Å²) in [7, 11) is 4.02. The lowest BCUT2D eigenvalue weighted by Gasteiger charge is -2.17. The van der Waals surface area contributed by atoms with Crippen LogP contribution in [-0.4, -0.2) is 29.1 Å². The zero-order valence-electron chi connectivity index (χ0n) is 11.7. The number of aromatic nitrogens is 2. The van der Waals surface area contributed by atoms with Crippen LogP contribution in [0.5, 0.6) is 0 Å². The Labute approximate surface area is 123 Å². The molecule has 0 aliphatic rings. The molecule has 0 fully saturated rings. The fourth-order valence-corrected chi connectivity index (χ4v) is 2.06. The Morgan fingerprint density at radius 2 is 1.95 bits per heavy atom. The van der Waals surface area contributed by atoms with Gasteiger partial charge >= 0.3 is 0 Å². The Hall–Kier alpha value is -2.21. The standard InChI is InChI=1S/C14H17N5S/c1-9-4-5-10(8-11(9)19(2)3)18-14-12(13(15)20)16-6-7-17-14/h4-8H,1-3H3,(H2,15,20)(H,17,18). The summed E-state index contributed by atoms with van der Waals surface area (Å²) in [5.41, 5.74) is 9.40. The van der Waals surface area contributed by atoms with Crippen molar-refractivity contribution in [2.24, 2.45) is 5.73 Å². The zero-order chi connectivity index (χ0) is 14.7. The summed E-state index contributed by atoms with van der Waals surface area (Å²) in [4.78, 5) is 10.7. The lowest BCUT2D eigenvalue weighted by atomic mass is 10.1. The number of nitrogens with zero attached hydrogens (tertiary/aromatic N) is 3. The van der Waals surface area contributed by atoms with Gasteiger partial charge in [0.05, 0.1) is 0 Å². The van der Waals surface area contributed by atoms with E-state index in [2.05, 4.69) is 33.2 Å². The molecule has 0 aliphatic carbocycles. The number of rotatable bonds is 4. The van der Waals surface area contributed by atoms with Crippen molar-refractivity contribution in [3.63, 3.8) is 0 Å². The van der Waals surface area contributed by atoms with Gasteiger partial charge in [0, 0.05) is 37.9 Å². The minimum atomic E-state index is 0.223. The van der Waals surface area contributed by atoms with E-state index in [1.165, 1.54) is 5.56 Å². The second-order valence-electron chi connectivity index (χ2n) is 4.64. The molecule has 0 bridgehead atoms. The van der Waals surface area contributed by atoms with Gasteiger partial charge in [0.15, 0.2) is 5.82 Å². The van der Waals surface area contributed by atoms with Gasteiger partial charge in [0.1, 0.15) is 10.7 Å². The fraction of sp³-hybridized carbons (Fsp3) is 0.214. The monoisotopic (exact) mass is 287 g/mol. The summed E-state index contributed by atoms with van der Waals surface area (Å²) in [6, 6.07) is 6.09. The van der Waals surface area contributed by atoms with E-state index < -0.39 is 0 Å². The Morgan fingerprint density at radius 3 is 2.60 bits per heavy atom. The molecule has 104 valence electrons. The minimum Gasteiger partial charge on any atom is -0.388 e. The van der Waals surface area contributed by atoms with Crippen LogP contribution >= 0.6 is 12.2 Å². The van der Waals surface area contributed by atoms with E-state index in [1.807, 2.05) is 26.2 Å². The summed E-state index contributed by atoms with van der Waals surface area (Å²) in [5, 5.41) is 3.21. The lowest BCUT2D eigenvalue weighted by Crippen LogP contribution is -2.15.